The number of nitrogens with zero attached hydrogens (tertiary/aromatic N) is 1. The van der Waals surface area contributed by atoms with Crippen molar-refractivity contribution in [1.82, 2.24) is 4.90 Å². The molecule has 0 aliphatic heterocycles. The Bertz CT molecular complexity index is 328. The number of hydrogen-bond acceptors (Lipinski definition) is 1. The van der Waals surface area contributed by atoms with Gasteiger partial charge in [0.2, 0.25) is 0 Å². The van der Waals surface area contributed by atoms with Crippen LogP contribution in [-0.4, -0.2) is 23.3 Å². The van der Waals surface area contributed by atoms with Crippen LogP contribution in [0.1, 0.15) is 12.5 Å². The highest BCUT2D eigenvalue weighted by molar-refractivity contribution is 9.09. The Balaban J connectivity index is 2.68. The van der Waals surface area contributed by atoms with Crippen LogP contribution in [0, 0.1) is 0 Å². The predicted molar refractivity (Wildman–Crippen MR) is 71.2 cm³/mol. The van der Waals surface area contributed by atoms with Gasteiger partial charge in [-0.05, 0) is 18.7 Å². The van der Waals surface area contributed by atoms with E-state index in [1.54, 1.807) is 6.07 Å². The highest BCUT2D eigenvalue weighted by Crippen LogP contribution is 2.26. The zero-order valence-electron chi connectivity index (χ0n) is 8.80. The first-order valence-corrected chi connectivity index (χ1v) is 6.43. The predicted octanol–water partition coefficient (Wildman–Crippen LogP) is 4.21. The summed E-state index contributed by atoms with van der Waals surface area (Å²) in [6.07, 6.45) is 0. The summed E-state index contributed by atoms with van der Waals surface area (Å²) in [7, 11) is 2.06. The van der Waals surface area contributed by atoms with Crippen LogP contribution < -0.4 is 0 Å². The second-order valence-corrected chi connectivity index (χ2v) is 6.04. The lowest BCUT2D eigenvalue weighted by molar-refractivity contribution is 0.333. The molecule has 0 saturated carbocycles. The highest BCUT2D eigenvalue weighted by atomic mass is 79.9. The van der Waals surface area contributed by atoms with Crippen LogP contribution in [-0.2, 0) is 6.54 Å². The van der Waals surface area contributed by atoms with Gasteiger partial charge in [0.25, 0.3) is 0 Å². The number of benzene rings is 1. The molecule has 0 aliphatic carbocycles. The first-order chi connectivity index (χ1) is 7.00. The van der Waals surface area contributed by atoms with Crippen LogP contribution in [0.5, 0.6) is 0 Å². The van der Waals surface area contributed by atoms with E-state index in [4.69, 9.17) is 23.2 Å². The van der Waals surface area contributed by atoms with Crippen LogP contribution in [0.25, 0.3) is 0 Å². The maximum Gasteiger partial charge on any atom is 0.0637 e. The summed E-state index contributed by atoms with van der Waals surface area (Å²) in [6.45, 7) is 3.91. The van der Waals surface area contributed by atoms with Gasteiger partial charge in [-0.1, -0.05) is 58.2 Å². The normalized spacial score (nSPS) is 13.2. The van der Waals surface area contributed by atoms with Crippen molar-refractivity contribution in [2.75, 3.05) is 13.6 Å². The van der Waals surface area contributed by atoms with E-state index in [1.165, 1.54) is 0 Å². The highest BCUT2D eigenvalue weighted by Gasteiger charge is 2.08. The topological polar surface area (TPSA) is 3.24 Å². The Morgan fingerprint density at radius 3 is 2.67 bits per heavy atom. The number of halogens is 3. The molecule has 15 heavy (non-hydrogen) atoms. The van der Waals surface area contributed by atoms with Crippen LogP contribution in [0.4, 0.5) is 0 Å². The molecule has 1 aromatic rings. The third kappa shape index (κ3) is 4.31. The fraction of sp³-hybridized carbons (Fsp3) is 0.455. The van der Waals surface area contributed by atoms with Gasteiger partial charge in [0.1, 0.15) is 0 Å². The zero-order chi connectivity index (χ0) is 11.4. The molecular weight excluding hydrogens is 297 g/mol. The van der Waals surface area contributed by atoms with E-state index in [-0.39, 0.29) is 0 Å². The van der Waals surface area contributed by atoms with E-state index < -0.39 is 0 Å². The molecule has 0 amide bonds. The molecule has 0 N–H and O–H groups in total. The smallest absolute Gasteiger partial charge is 0.0637 e. The average molecular weight is 311 g/mol. The molecule has 0 heterocycles. The van der Waals surface area contributed by atoms with Crippen molar-refractivity contribution in [3.63, 3.8) is 0 Å². The van der Waals surface area contributed by atoms with E-state index in [0.29, 0.717) is 14.9 Å². The summed E-state index contributed by atoms with van der Waals surface area (Å²) < 4.78 is 0. The maximum atomic E-state index is 6.10. The van der Waals surface area contributed by atoms with Gasteiger partial charge < -0.3 is 4.90 Å². The molecule has 4 heteroatoms. The number of hydrogen-bond donors (Lipinski definition) is 0. The van der Waals surface area contributed by atoms with Gasteiger partial charge in [0.15, 0.2) is 0 Å². The summed E-state index contributed by atoms with van der Waals surface area (Å²) in [6, 6.07) is 5.74. The summed E-state index contributed by atoms with van der Waals surface area (Å²) in [5.41, 5.74) is 1.07. The Morgan fingerprint density at radius 2 is 2.07 bits per heavy atom. The minimum Gasteiger partial charge on any atom is -0.301 e. The zero-order valence-corrected chi connectivity index (χ0v) is 11.9. The minimum absolute atomic E-state index is 0.473. The molecule has 0 aromatic heterocycles. The average Bonchev–Trinajstić information content (AvgIpc) is 2.11. The quantitative estimate of drug-likeness (QED) is 0.753. The minimum atomic E-state index is 0.473. The Kier molecular flexibility index (Phi) is 5.41. The summed E-state index contributed by atoms with van der Waals surface area (Å²) in [5.74, 6) is 0. The summed E-state index contributed by atoms with van der Waals surface area (Å²) >= 11 is 15.6. The first kappa shape index (κ1) is 13.3. The van der Waals surface area contributed by atoms with Crippen molar-refractivity contribution >= 4 is 39.1 Å². The molecule has 0 spiro atoms. The van der Waals surface area contributed by atoms with E-state index in [9.17, 15) is 0 Å². The lowest BCUT2D eigenvalue weighted by atomic mass is 10.2. The van der Waals surface area contributed by atoms with E-state index in [2.05, 4.69) is 34.8 Å². The molecular formula is C11H14BrCl2N. The van der Waals surface area contributed by atoms with Crippen LogP contribution in [0.15, 0.2) is 18.2 Å². The van der Waals surface area contributed by atoms with Crippen LogP contribution in [0.2, 0.25) is 10.0 Å². The van der Waals surface area contributed by atoms with Crippen molar-refractivity contribution in [3.8, 4) is 0 Å². The lowest BCUT2D eigenvalue weighted by Gasteiger charge is -2.19. The molecule has 1 unspecified atom stereocenters. The summed E-state index contributed by atoms with van der Waals surface area (Å²) in [4.78, 5) is 2.68. The second-order valence-electron chi connectivity index (χ2n) is 3.69. The molecule has 0 saturated heterocycles. The standard InChI is InChI=1S/C11H14BrCl2N/c1-8(12)6-15(2)7-9-4-3-5-10(13)11(9)14/h3-5,8H,6-7H2,1-2H3. The Hall–Kier alpha value is 0.240. The summed E-state index contributed by atoms with van der Waals surface area (Å²) in [5, 5.41) is 1.28. The van der Waals surface area contributed by atoms with Gasteiger partial charge in [-0.15, -0.1) is 0 Å². The number of alkyl halides is 1. The van der Waals surface area contributed by atoms with Crippen molar-refractivity contribution in [2.24, 2.45) is 0 Å². The monoisotopic (exact) mass is 309 g/mol. The van der Waals surface area contributed by atoms with E-state index >= 15 is 0 Å². The second kappa shape index (κ2) is 6.09. The maximum absolute atomic E-state index is 6.10. The van der Waals surface area contributed by atoms with Crippen molar-refractivity contribution in [1.29, 1.82) is 0 Å². The third-order valence-corrected chi connectivity index (χ3v) is 3.18. The van der Waals surface area contributed by atoms with Gasteiger partial charge in [0, 0.05) is 17.9 Å². The molecule has 0 bridgehead atoms. The van der Waals surface area contributed by atoms with Crippen molar-refractivity contribution < 1.29 is 0 Å². The van der Waals surface area contributed by atoms with Gasteiger partial charge in [-0.2, -0.15) is 0 Å². The van der Waals surface area contributed by atoms with Crippen molar-refractivity contribution in [2.45, 2.75) is 18.3 Å². The Morgan fingerprint density at radius 1 is 1.40 bits per heavy atom. The third-order valence-electron chi connectivity index (χ3n) is 2.04. The van der Waals surface area contributed by atoms with E-state index in [1.807, 2.05) is 12.1 Å². The fourth-order valence-electron chi connectivity index (χ4n) is 1.46. The van der Waals surface area contributed by atoms with E-state index in [0.717, 1.165) is 18.7 Å². The van der Waals surface area contributed by atoms with Gasteiger partial charge in [-0.25, -0.2) is 0 Å². The first-order valence-electron chi connectivity index (χ1n) is 4.76. The molecule has 1 aromatic carbocycles. The van der Waals surface area contributed by atoms with Gasteiger partial charge >= 0.3 is 0 Å². The van der Waals surface area contributed by atoms with Crippen LogP contribution in [0.3, 0.4) is 0 Å². The Labute approximate surface area is 109 Å². The van der Waals surface area contributed by atoms with Crippen molar-refractivity contribution in [3.05, 3.63) is 33.8 Å². The van der Waals surface area contributed by atoms with Gasteiger partial charge in [0.05, 0.1) is 10.0 Å². The van der Waals surface area contributed by atoms with Gasteiger partial charge in [-0.3, -0.25) is 0 Å². The molecule has 0 radical (unpaired) electrons. The molecule has 1 rings (SSSR count). The molecule has 1 atom stereocenters. The molecule has 84 valence electrons. The molecule has 1 nitrogen and oxygen atoms in total. The lowest BCUT2D eigenvalue weighted by Crippen LogP contribution is -2.24. The number of rotatable bonds is 4. The SMILES string of the molecule is CC(Br)CN(C)Cc1cccc(Cl)c1Cl. The molecule has 0 aliphatic rings. The largest absolute Gasteiger partial charge is 0.301 e. The fourth-order valence-corrected chi connectivity index (χ4v) is 2.33. The molecule has 0 fully saturated rings. The van der Waals surface area contributed by atoms with Crippen LogP contribution >= 0.6 is 39.1 Å².